The number of nitrogens with zero attached hydrogens (tertiary/aromatic N) is 1. The molecule has 0 aliphatic rings. The van der Waals surface area contributed by atoms with Gasteiger partial charge in [0.1, 0.15) is 11.3 Å². The minimum atomic E-state index is -4.60. The molecule has 210 valence electrons. The number of alkyl halides is 3. The third-order valence-electron chi connectivity index (χ3n) is 6.17. The smallest absolute Gasteiger partial charge is 0.422 e. The number of rotatable bonds is 10. The Morgan fingerprint density at radius 1 is 1.02 bits per heavy atom. The number of halogens is 4. The summed E-state index contributed by atoms with van der Waals surface area (Å²) in [5.74, 6) is -2.19. The van der Waals surface area contributed by atoms with Crippen LogP contribution < -0.4 is 10.1 Å². The van der Waals surface area contributed by atoms with Crippen molar-refractivity contribution in [1.82, 2.24) is 5.32 Å². The van der Waals surface area contributed by atoms with E-state index in [1.165, 1.54) is 38.1 Å². The Balaban J connectivity index is 1.78. The number of amides is 1. The van der Waals surface area contributed by atoms with Crippen molar-refractivity contribution < 1.29 is 32.2 Å². The lowest BCUT2D eigenvalue weighted by Gasteiger charge is -2.30. The second-order valence-corrected chi connectivity index (χ2v) is 10.2. The minimum absolute atomic E-state index is 0.241. The number of nitrogens with one attached hydrogen (secondary N) is 1. The highest BCUT2D eigenvalue weighted by molar-refractivity contribution is 6.30. The van der Waals surface area contributed by atoms with E-state index in [2.05, 4.69) is 11.4 Å². The Hall–Kier alpha value is -4.03. The zero-order chi connectivity index (χ0) is 29.5. The molecule has 1 N–H and O–H groups in total. The SMILES string of the molecule is CC(NC(=O)C(C)(C)OC(=O)c1ccccc1OCC(F)(F)F)C(Cc1ccc(Cl)cc1)c1cccc(C#N)c1. The first-order valence-corrected chi connectivity index (χ1v) is 12.7. The molecule has 6 nitrogen and oxygen atoms in total. The summed E-state index contributed by atoms with van der Waals surface area (Å²) in [6, 6.07) is 21.4. The summed E-state index contributed by atoms with van der Waals surface area (Å²) in [6.45, 7) is 2.99. The fraction of sp³-hybridized carbons (Fsp3) is 0.300. The summed E-state index contributed by atoms with van der Waals surface area (Å²) < 4.78 is 48.1. The van der Waals surface area contributed by atoms with Gasteiger partial charge in [-0.3, -0.25) is 4.79 Å². The van der Waals surface area contributed by atoms with Gasteiger partial charge in [-0.1, -0.05) is 48.0 Å². The summed E-state index contributed by atoms with van der Waals surface area (Å²) >= 11 is 6.03. The highest BCUT2D eigenvalue weighted by Gasteiger charge is 2.36. The van der Waals surface area contributed by atoms with Crippen molar-refractivity contribution in [3.8, 4) is 11.8 Å². The fourth-order valence-electron chi connectivity index (χ4n) is 4.03. The Morgan fingerprint density at radius 3 is 2.35 bits per heavy atom. The number of nitriles is 1. The van der Waals surface area contributed by atoms with Crippen molar-refractivity contribution in [3.63, 3.8) is 0 Å². The second-order valence-electron chi connectivity index (χ2n) is 9.74. The molecule has 1 amide bonds. The van der Waals surface area contributed by atoms with E-state index in [4.69, 9.17) is 21.1 Å². The van der Waals surface area contributed by atoms with Gasteiger partial charge in [-0.25, -0.2) is 4.79 Å². The Kier molecular flexibility index (Phi) is 9.83. The number of hydrogen-bond donors (Lipinski definition) is 1. The molecule has 0 bridgehead atoms. The normalized spacial score (nSPS) is 13.1. The molecule has 0 radical (unpaired) electrons. The van der Waals surface area contributed by atoms with Gasteiger partial charge in [0.15, 0.2) is 12.2 Å². The van der Waals surface area contributed by atoms with Crippen LogP contribution in [0.3, 0.4) is 0 Å². The van der Waals surface area contributed by atoms with Crippen LogP contribution in [0.1, 0.15) is 53.7 Å². The van der Waals surface area contributed by atoms with E-state index in [0.717, 1.165) is 11.1 Å². The Bertz CT molecular complexity index is 1380. The summed E-state index contributed by atoms with van der Waals surface area (Å²) in [6.07, 6.45) is -4.08. The topological polar surface area (TPSA) is 88.4 Å². The monoisotopic (exact) mass is 572 g/mol. The predicted octanol–water partition coefficient (Wildman–Crippen LogP) is 6.62. The minimum Gasteiger partial charge on any atom is -0.483 e. The number of benzene rings is 3. The van der Waals surface area contributed by atoms with E-state index >= 15 is 0 Å². The maximum Gasteiger partial charge on any atom is 0.422 e. The fourth-order valence-corrected chi connectivity index (χ4v) is 4.16. The number of hydrogen-bond acceptors (Lipinski definition) is 5. The Morgan fingerprint density at radius 2 is 1.70 bits per heavy atom. The molecule has 3 rings (SSSR count). The molecule has 10 heteroatoms. The van der Waals surface area contributed by atoms with Crippen LogP contribution >= 0.6 is 11.6 Å². The van der Waals surface area contributed by atoms with E-state index in [9.17, 15) is 28.0 Å². The average Bonchev–Trinajstić information content (AvgIpc) is 2.91. The lowest BCUT2D eigenvalue weighted by Crippen LogP contribution is -2.50. The molecular weight excluding hydrogens is 545 g/mol. The van der Waals surface area contributed by atoms with Gasteiger partial charge in [-0.15, -0.1) is 0 Å². The molecule has 3 aromatic rings. The molecule has 0 spiro atoms. The molecule has 0 fully saturated rings. The molecule has 0 heterocycles. The van der Waals surface area contributed by atoms with Crippen LogP contribution in [-0.4, -0.2) is 36.3 Å². The van der Waals surface area contributed by atoms with E-state index in [0.29, 0.717) is 17.0 Å². The van der Waals surface area contributed by atoms with Gasteiger partial charge in [-0.2, -0.15) is 18.4 Å². The molecule has 3 aromatic carbocycles. The van der Waals surface area contributed by atoms with Gasteiger partial charge >= 0.3 is 12.1 Å². The van der Waals surface area contributed by atoms with Crippen LogP contribution in [0.5, 0.6) is 5.75 Å². The van der Waals surface area contributed by atoms with Crippen molar-refractivity contribution in [2.75, 3.05) is 6.61 Å². The first kappa shape index (κ1) is 30.5. The number of carbonyl (C=O) groups excluding carboxylic acids is 2. The maximum absolute atomic E-state index is 13.3. The number of esters is 1. The standard InChI is InChI=1S/C30H28ClF3N2O4/c1-19(25(16-20-11-13-23(31)14-12-20)22-8-6-7-21(15-22)17-35)36-28(38)29(2,3)40-27(37)24-9-4-5-10-26(24)39-18-30(32,33)34/h4-15,19,25H,16,18H2,1-3H3,(H,36,38). The molecule has 0 saturated heterocycles. The molecule has 2 atom stereocenters. The van der Waals surface area contributed by atoms with Crippen LogP contribution in [0.4, 0.5) is 13.2 Å². The summed E-state index contributed by atoms with van der Waals surface area (Å²) in [7, 11) is 0. The number of carbonyl (C=O) groups is 2. The largest absolute Gasteiger partial charge is 0.483 e. The summed E-state index contributed by atoms with van der Waals surface area (Å²) in [4.78, 5) is 26.2. The van der Waals surface area contributed by atoms with E-state index in [-0.39, 0.29) is 17.2 Å². The molecule has 0 aliphatic heterocycles. The molecule has 0 aliphatic carbocycles. The van der Waals surface area contributed by atoms with Crippen LogP contribution in [-0.2, 0) is 16.0 Å². The summed E-state index contributed by atoms with van der Waals surface area (Å²) in [5, 5.41) is 12.9. The van der Waals surface area contributed by atoms with Crippen LogP contribution in [0.25, 0.3) is 0 Å². The van der Waals surface area contributed by atoms with E-state index < -0.39 is 36.3 Å². The number of ether oxygens (including phenoxy) is 2. The first-order chi connectivity index (χ1) is 18.8. The van der Waals surface area contributed by atoms with Gasteiger partial charge in [-0.05, 0) is 74.7 Å². The number of para-hydroxylation sites is 1. The predicted molar refractivity (Wildman–Crippen MR) is 144 cm³/mol. The van der Waals surface area contributed by atoms with Gasteiger partial charge in [0.2, 0.25) is 0 Å². The second kappa shape index (κ2) is 12.9. The van der Waals surface area contributed by atoms with Crippen molar-refractivity contribution in [2.24, 2.45) is 0 Å². The highest BCUT2D eigenvalue weighted by Crippen LogP contribution is 2.28. The van der Waals surface area contributed by atoms with Gasteiger partial charge in [0.05, 0.1) is 11.6 Å². The Labute approximate surface area is 235 Å². The third-order valence-corrected chi connectivity index (χ3v) is 6.42. The van der Waals surface area contributed by atoms with Gasteiger partial charge in [0, 0.05) is 17.0 Å². The van der Waals surface area contributed by atoms with Gasteiger partial charge in [0.25, 0.3) is 5.91 Å². The molecule has 0 aromatic heterocycles. The van der Waals surface area contributed by atoms with Gasteiger partial charge < -0.3 is 14.8 Å². The highest BCUT2D eigenvalue weighted by atomic mass is 35.5. The van der Waals surface area contributed by atoms with Crippen LogP contribution in [0, 0.1) is 11.3 Å². The molecular formula is C30H28ClF3N2O4. The van der Waals surface area contributed by atoms with Crippen molar-refractivity contribution >= 4 is 23.5 Å². The maximum atomic E-state index is 13.3. The lowest BCUT2D eigenvalue weighted by atomic mass is 9.85. The van der Waals surface area contributed by atoms with E-state index in [1.54, 1.807) is 37.3 Å². The van der Waals surface area contributed by atoms with Crippen LogP contribution in [0.15, 0.2) is 72.8 Å². The third kappa shape index (κ3) is 8.48. The van der Waals surface area contributed by atoms with E-state index in [1.807, 2.05) is 18.2 Å². The van der Waals surface area contributed by atoms with Crippen molar-refractivity contribution in [2.45, 2.75) is 50.9 Å². The molecule has 2 unspecified atom stereocenters. The van der Waals surface area contributed by atoms with Crippen molar-refractivity contribution in [3.05, 3.63) is 100 Å². The zero-order valence-electron chi connectivity index (χ0n) is 22.1. The van der Waals surface area contributed by atoms with Crippen molar-refractivity contribution in [1.29, 1.82) is 5.26 Å². The van der Waals surface area contributed by atoms with Crippen LogP contribution in [0.2, 0.25) is 5.02 Å². The lowest BCUT2D eigenvalue weighted by molar-refractivity contribution is -0.153. The molecule has 40 heavy (non-hydrogen) atoms. The summed E-state index contributed by atoms with van der Waals surface area (Å²) in [5.41, 5.74) is 0.334. The zero-order valence-corrected chi connectivity index (χ0v) is 22.8. The quantitative estimate of drug-likeness (QED) is 0.276. The average molecular weight is 573 g/mol. The first-order valence-electron chi connectivity index (χ1n) is 12.4. The molecule has 0 saturated carbocycles.